The second-order valence-corrected chi connectivity index (χ2v) is 17.1. The highest BCUT2D eigenvalue weighted by molar-refractivity contribution is 6.06. The second-order valence-electron chi connectivity index (χ2n) is 17.1. The van der Waals surface area contributed by atoms with Crippen LogP contribution >= 0.6 is 0 Å². The molecule has 15 heteroatoms. The Labute approximate surface area is 354 Å². The highest BCUT2D eigenvalue weighted by Crippen LogP contribution is 2.37. The van der Waals surface area contributed by atoms with Gasteiger partial charge in [-0.2, -0.15) is 0 Å². The van der Waals surface area contributed by atoms with Gasteiger partial charge in [0.25, 0.3) is 5.91 Å². The molecule has 4 aliphatic heterocycles. The number of rotatable bonds is 8. The fraction of sp³-hybridized carbons (Fsp3) is 0.413. The largest absolute Gasteiger partial charge is 0.507 e. The third kappa shape index (κ3) is 8.11. The molecule has 0 bridgehead atoms. The standard InChI is InChI=1S/C46H52FN9O5/c1-29-25-56(38-12-11-34(23-36(29)38)54-20-15-42(58)49-45(54)60)33-13-18-52(19-14-33)28-46(47)16-21-53(22-17-46)44(59)32-9-7-31(8-10-32)41-26-55(30(2)27-61-41)39-24-37(50-51-43(39)48)35-5-3-4-6-40(35)57/h3-12,23-25,30,33,41,57H,13-22,26-28H2,1-2H3,(H2,48,51)(H,49,58,60)/t30-,41+/m1/s1. The number of phenols is 1. The number of morpholine rings is 1. The van der Waals surface area contributed by atoms with E-state index >= 15 is 4.39 Å². The minimum Gasteiger partial charge on any atom is -0.507 e. The summed E-state index contributed by atoms with van der Waals surface area (Å²) in [6.45, 7) is 8.12. The Hall–Kier alpha value is -6.06. The molecule has 3 aromatic carbocycles. The summed E-state index contributed by atoms with van der Waals surface area (Å²) in [6, 6.07) is 22.3. The van der Waals surface area contributed by atoms with E-state index < -0.39 is 11.7 Å². The predicted octanol–water partition coefficient (Wildman–Crippen LogP) is 6.39. The molecule has 0 unspecified atom stereocenters. The lowest BCUT2D eigenvalue weighted by Gasteiger charge is -2.41. The molecule has 0 saturated carbocycles. The van der Waals surface area contributed by atoms with E-state index in [0.717, 1.165) is 53.6 Å². The summed E-state index contributed by atoms with van der Waals surface area (Å²) < 4.78 is 25.0. The number of carbonyl (C=O) groups excluding carboxylic acids is 3. The fourth-order valence-electron chi connectivity index (χ4n) is 9.48. The van der Waals surface area contributed by atoms with Gasteiger partial charge < -0.3 is 34.8 Å². The third-order valence-corrected chi connectivity index (χ3v) is 13.0. The number of amides is 4. The number of aromatic hydroxyl groups is 1. The topological polar surface area (TPSA) is 162 Å². The second kappa shape index (κ2) is 16.4. The third-order valence-electron chi connectivity index (χ3n) is 13.0. The number of para-hydroxylation sites is 1. The van der Waals surface area contributed by atoms with Gasteiger partial charge in [0, 0.05) is 111 Å². The lowest BCUT2D eigenvalue weighted by molar-refractivity contribution is -0.120. The van der Waals surface area contributed by atoms with E-state index in [1.807, 2.05) is 48.5 Å². The summed E-state index contributed by atoms with van der Waals surface area (Å²) in [7, 11) is 0. The van der Waals surface area contributed by atoms with Crippen LogP contribution in [0.4, 0.5) is 26.4 Å². The minimum absolute atomic E-state index is 0.00770. The molecule has 4 aliphatic rings. The number of hydrogen-bond donors (Lipinski definition) is 3. The van der Waals surface area contributed by atoms with E-state index in [4.69, 9.17) is 10.5 Å². The van der Waals surface area contributed by atoms with Crippen molar-refractivity contribution in [2.45, 2.75) is 69.8 Å². The zero-order chi connectivity index (χ0) is 42.4. The fourth-order valence-corrected chi connectivity index (χ4v) is 9.48. The number of likely N-dealkylation sites (tertiary alicyclic amines) is 2. The van der Waals surface area contributed by atoms with Crippen LogP contribution < -0.4 is 20.9 Å². The quantitative estimate of drug-likeness (QED) is 0.160. The summed E-state index contributed by atoms with van der Waals surface area (Å²) in [5, 5.41) is 22.3. The molecule has 14 nitrogen and oxygen atoms in total. The number of nitrogens with zero attached hydrogens (tertiary/aromatic N) is 7. The summed E-state index contributed by atoms with van der Waals surface area (Å²) in [6.07, 6.45) is 4.57. The van der Waals surface area contributed by atoms with Crippen LogP contribution in [0, 0.1) is 6.92 Å². The summed E-state index contributed by atoms with van der Waals surface area (Å²) in [5.74, 6) is 0.0493. The molecule has 0 aliphatic carbocycles. The number of benzene rings is 3. The van der Waals surface area contributed by atoms with Gasteiger partial charge in [-0.25, -0.2) is 9.18 Å². The van der Waals surface area contributed by atoms with Gasteiger partial charge in [-0.1, -0.05) is 24.3 Å². The number of anilines is 3. The molecule has 4 amide bonds. The molecule has 61 heavy (non-hydrogen) atoms. The Balaban J connectivity index is 0.775. The zero-order valence-corrected chi connectivity index (χ0v) is 34.6. The Kier molecular flexibility index (Phi) is 10.9. The number of imide groups is 1. The van der Waals surface area contributed by atoms with E-state index in [1.165, 1.54) is 0 Å². The number of aromatic nitrogens is 3. The van der Waals surface area contributed by atoms with E-state index in [2.05, 4.69) is 56.0 Å². The molecule has 4 saturated heterocycles. The van der Waals surface area contributed by atoms with Crippen molar-refractivity contribution >= 4 is 45.9 Å². The van der Waals surface area contributed by atoms with Gasteiger partial charge >= 0.3 is 6.03 Å². The molecule has 4 fully saturated rings. The maximum absolute atomic E-state index is 16.4. The number of nitrogen functional groups attached to an aromatic ring is 1. The summed E-state index contributed by atoms with van der Waals surface area (Å²) in [5.41, 5.74) is 11.3. The SMILES string of the molecule is Cc1cn(C2CCN(CC3(F)CCN(C(=O)c4ccc([C@@H]5CN(c6cc(-c7ccccc7O)nnc6N)[C@H](C)CO5)cc4)CC3)CC2)c2ccc(N3CCC(=O)NC3=O)cc12. The summed E-state index contributed by atoms with van der Waals surface area (Å²) >= 11 is 0. The Bertz CT molecular complexity index is 2460. The molecule has 2 aromatic heterocycles. The van der Waals surface area contributed by atoms with Gasteiger partial charge in [0.05, 0.1) is 18.0 Å². The maximum Gasteiger partial charge on any atom is 0.328 e. The molecule has 318 valence electrons. The number of piperidine rings is 2. The minimum atomic E-state index is -1.36. The molecule has 0 spiro atoms. The Morgan fingerprint density at radius 1 is 0.984 bits per heavy atom. The first-order chi connectivity index (χ1) is 29.4. The van der Waals surface area contributed by atoms with Crippen LogP contribution in [-0.4, -0.2) is 112 Å². The average Bonchev–Trinajstić information content (AvgIpc) is 3.59. The van der Waals surface area contributed by atoms with E-state index in [-0.39, 0.29) is 48.0 Å². The van der Waals surface area contributed by atoms with Crippen LogP contribution in [0.1, 0.15) is 72.7 Å². The molecular weight excluding hydrogens is 778 g/mol. The maximum atomic E-state index is 16.4. The number of fused-ring (bicyclic) bond motifs is 1. The molecule has 6 heterocycles. The van der Waals surface area contributed by atoms with E-state index in [9.17, 15) is 19.5 Å². The van der Waals surface area contributed by atoms with Gasteiger partial charge in [0.1, 0.15) is 17.5 Å². The van der Waals surface area contributed by atoms with Crippen LogP contribution in [0.25, 0.3) is 22.2 Å². The van der Waals surface area contributed by atoms with Crippen molar-refractivity contribution in [3.05, 3.63) is 95.7 Å². The zero-order valence-electron chi connectivity index (χ0n) is 34.6. The molecule has 0 radical (unpaired) electrons. The van der Waals surface area contributed by atoms with Crippen molar-refractivity contribution in [2.75, 3.05) is 68.0 Å². The van der Waals surface area contributed by atoms with Gasteiger partial charge in [0.15, 0.2) is 5.82 Å². The van der Waals surface area contributed by atoms with Gasteiger partial charge in [-0.05, 0) is 86.3 Å². The first-order valence-electron chi connectivity index (χ1n) is 21.3. The number of nitrogens with one attached hydrogen (secondary N) is 1. The predicted molar refractivity (Wildman–Crippen MR) is 231 cm³/mol. The van der Waals surface area contributed by atoms with Gasteiger partial charge in [-0.3, -0.25) is 19.8 Å². The van der Waals surface area contributed by atoms with E-state index in [0.29, 0.717) is 74.7 Å². The lowest BCUT2D eigenvalue weighted by atomic mass is 9.91. The number of halogens is 1. The van der Waals surface area contributed by atoms with Crippen LogP contribution in [0.3, 0.4) is 0 Å². The molecule has 2 atom stereocenters. The number of hydrogen-bond acceptors (Lipinski definition) is 10. The number of carbonyl (C=O) groups is 3. The number of urea groups is 1. The number of phenolic OH excluding ortho intramolecular Hbond substituents is 1. The van der Waals surface area contributed by atoms with Crippen LogP contribution in [0.15, 0.2) is 79.0 Å². The van der Waals surface area contributed by atoms with Crippen molar-refractivity contribution < 1.29 is 28.6 Å². The first kappa shape index (κ1) is 40.4. The van der Waals surface area contributed by atoms with Crippen LogP contribution in [0.5, 0.6) is 5.75 Å². The van der Waals surface area contributed by atoms with Crippen molar-refractivity contribution in [1.29, 1.82) is 0 Å². The Morgan fingerprint density at radius 2 is 1.74 bits per heavy atom. The number of nitrogens with two attached hydrogens (primary N) is 1. The normalized spacial score (nSPS) is 21.5. The van der Waals surface area contributed by atoms with Crippen molar-refractivity contribution in [1.82, 2.24) is 29.9 Å². The number of ether oxygens (including phenoxy) is 1. The van der Waals surface area contributed by atoms with Crippen molar-refractivity contribution in [3.8, 4) is 17.0 Å². The Morgan fingerprint density at radius 3 is 2.48 bits per heavy atom. The molecular formula is C46H52FN9O5. The van der Waals surface area contributed by atoms with Crippen LogP contribution in [-0.2, 0) is 9.53 Å². The van der Waals surface area contributed by atoms with Crippen LogP contribution in [0.2, 0.25) is 0 Å². The monoisotopic (exact) mass is 829 g/mol. The highest BCUT2D eigenvalue weighted by atomic mass is 19.1. The smallest absolute Gasteiger partial charge is 0.328 e. The molecule has 9 rings (SSSR count). The highest BCUT2D eigenvalue weighted by Gasteiger charge is 2.39. The van der Waals surface area contributed by atoms with Crippen molar-refractivity contribution in [3.63, 3.8) is 0 Å². The average molecular weight is 830 g/mol. The van der Waals surface area contributed by atoms with Gasteiger partial charge in [0.2, 0.25) is 5.91 Å². The number of alkyl halides is 1. The molecule has 5 aromatic rings. The number of aryl methyl sites for hydroxylation is 1. The van der Waals surface area contributed by atoms with Crippen molar-refractivity contribution in [2.24, 2.45) is 0 Å². The summed E-state index contributed by atoms with van der Waals surface area (Å²) in [4.78, 5) is 45.5. The van der Waals surface area contributed by atoms with E-state index in [1.54, 1.807) is 28.0 Å². The molecule has 4 N–H and O–H groups in total. The first-order valence-corrected chi connectivity index (χ1v) is 21.3. The lowest BCUT2D eigenvalue weighted by Crippen LogP contribution is -2.51. The van der Waals surface area contributed by atoms with Gasteiger partial charge in [-0.15, -0.1) is 10.2 Å².